The van der Waals surface area contributed by atoms with Crippen LogP contribution in [0.1, 0.15) is 22.3 Å². The van der Waals surface area contributed by atoms with Gasteiger partial charge in [-0.15, -0.1) is 0 Å². The number of aryl methyl sites for hydroxylation is 1. The average Bonchev–Trinajstić information content (AvgIpc) is 3.30. The number of carbonyl (C=O) groups excluding carboxylic acids is 2. The zero-order valence-electron chi connectivity index (χ0n) is 17.8. The van der Waals surface area contributed by atoms with Gasteiger partial charge in [0, 0.05) is 38.2 Å². The molecule has 31 heavy (non-hydrogen) atoms. The van der Waals surface area contributed by atoms with Gasteiger partial charge in [-0.3, -0.25) is 9.59 Å². The lowest BCUT2D eigenvalue weighted by molar-refractivity contribution is -0.132. The highest BCUT2D eigenvalue weighted by Gasteiger charge is 2.26. The van der Waals surface area contributed by atoms with E-state index in [2.05, 4.69) is 0 Å². The van der Waals surface area contributed by atoms with Gasteiger partial charge in [-0.2, -0.15) is 0 Å². The van der Waals surface area contributed by atoms with Crippen molar-refractivity contribution in [3.05, 3.63) is 47.5 Å². The van der Waals surface area contributed by atoms with E-state index in [1.807, 2.05) is 23.1 Å². The van der Waals surface area contributed by atoms with Crippen molar-refractivity contribution >= 4 is 11.8 Å². The molecule has 4 rings (SSSR count). The number of nitrogens with zero attached hydrogens (tertiary/aromatic N) is 2. The smallest absolute Gasteiger partial charge is 0.254 e. The Hall–Kier alpha value is -3.42. The minimum Gasteiger partial charge on any atom is -0.497 e. The fourth-order valence-corrected chi connectivity index (χ4v) is 3.85. The number of carbonyl (C=O) groups is 2. The Kier molecular flexibility index (Phi) is 6.16. The quantitative estimate of drug-likeness (QED) is 0.706. The first kappa shape index (κ1) is 20.8. The molecule has 0 radical (unpaired) electrons. The van der Waals surface area contributed by atoms with Crippen LogP contribution in [-0.4, -0.2) is 68.8 Å². The number of piperazine rings is 1. The van der Waals surface area contributed by atoms with Gasteiger partial charge in [0.05, 0.1) is 14.2 Å². The van der Waals surface area contributed by atoms with E-state index in [1.54, 1.807) is 37.3 Å². The van der Waals surface area contributed by atoms with E-state index in [9.17, 15) is 9.59 Å². The molecule has 1 fully saturated rings. The number of ether oxygens (including phenoxy) is 4. The second-order valence-corrected chi connectivity index (χ2v) is 7.42. The van der Waals surface area contributed by atoms with Crippen LogP contribution in [0.5, 0.6) is 23.0 Å². The Morgan fingerprint density at radius 3 is 2.39 bits per heavy atom. The summed E-state index contributed by atoms with van der Waals surface area (Å²) in [4.78, 5) is 29.1. The molecule has 8 nitrogen and oxygen atoms in total. The van der Waals surface area contributed by atoms with Gasteiger partial charge < -0.3 is 28.7 Å². The number of rotatable bonds is 6. The van der Waals surface area contributed by atoms with Crippen LogP contribution >= 0.6 is 0 Å². The van der Waals surface area contributed by atoms with E-state index in [0.717, 1.165) is 17.1 Å². The van der Waals surface area contributed by atoms with Gasteiger partial charge >= 0.3 is 0 Å². The maximum Gasteiger partial charge on any atom is 0.254 e. The van der Waals surface area contributed by atoms with Gasteiger partial charge in [0.25, 0.3) is 5.91 Å². The first-order valence-electron chi connectivity index (χ1n) is 10.3. The van der Waals surface area contributed by atoms with Crippen molar-refractivity contribution in [3.63, 3.8) is 0 Å². The lowest BCUT2D eigenvalue weighted by Crippen LogP contribution is -2.50. The Balaban J connectivity index is 1.30. The molecule has 0 atom stereocenters. The van der Waals surface area contributed by atoms with Gasteiger partial charge in [0.15, 0.2) is 11.5 Å². The van der Waals surface area contributed by atoms with Crippen LogP contribution in [0.4, 0.5) is 0 Å². The van der Waals surface area contributed by atoms with E-state index in [0.29, 0.717) is 56.1 Å². The first-order chi connectivity index (χ1) is 15.1. The molecule has 2 amide bonds. The molecular formula is C23H26N2O6. The zero-order chi connectivity index (χ0) is 21.8. The van der Waals surface area contributed by atoms with Crippen LogP contribution in [-0.2, 0) is 11.2 Å². The summed E-state index contributed by atoms with van der Waals surface area (Å²) in [6.07, 6.45) is 0.940. The van der Waals surface area contributed by atoms with E-state index in [1.165, 1.54) is 0 Å². The number of benzene rings is 2. The predicted molar refractivity (Wildman–Crippen MR) is 113 cm³/mol. The molecule has 0 aliphatic carbocycles. The number of methoxy groups -OCH3 is 2. The summed E-state index contributed by atoms with van der Waals surface area (Å²) in [5, 5.41) is 0. The summed E-state index contributed by atoms with van der Waals surface area (Å²) >= 11 is 0. The Morgan fingerprint density at radius 2 is 1.65 bits per heavy atom. The topological polar surface area (TPSA) is 77.5 Å². The van der Waals surface area contributed by atoms with Crippen LogP contribution in [0.25, 0.3) is 0 Å². The predicted octanol–water partition coefficient (Wildman–Crippen LogP) is 2.35. The first-order valence-corrected chi connectivity index (χ1v) is 10.3. The fraction of sp³-hybridized carbons (Fsp3) is 0.391. The molecule has 0 N–H and O–H groups in total. The largest absolute Gasteiger partial charge is 0.497 e. The molecule has 0 unspecified atom stereocenters. The molecule has 1 saturated heterocycles. The van der Waals surface area contributed by atoms with Gasteiger partial charge in [-0.05, 0) is 48.4 Å². The SMILES string of the molecule is COc1ccc(OC)c(CCC(=O)N2CCN(C(=O)c3ccc4c(c3)OCO4)CC2)c1. The molecule has 0 spiro atoms. The van der Waals surface area contributed by atoms with Crippen molar-refractivity contribution in [2.24, 2.45) is 0 Å². The summed E-state index contributed by atoms with van der Waals surface area (Å²) in [5.74, 6) is 2.73. The normalized spacial score (nSPS) is 15.0. The molecule has 0 aromatic heterocycles. The molecule has 2 aliphatic rings. The van der Waals surface area contributed by atoms with Crippen LogP contribution < -0.4 is 18.9 Å². The molecule has 8 heteroatoms. The molecule has 2 aromatic rings. The maximum atomic E-state index is 12.8. The third kappa shape index (κ3) is 4.52. The highest BCUT2D eigenvalue weighted by molar-refractivity contribution is 5.95. The van der Waals surface area contributed by atoms with Crippen LogP contribution in [0, 0.1) is 0 Å². The minimum absolute atomic E-state index is 0.0634. The summed E-state index contributed by atoms with van der Waals surface area (Å²) in [5.41, 5.74) is 1.50. The number of hydrogen-bond acceptors (Lipinski definition) is 6. The van der Waals surface area contributed by atoms with Crippen molar-refractivity contribution in [2.75, 3.05) is 47.2 Å². The highest BCUT2D eigenvalue weighted by Crippen LogP contribution is 2.33. The van der Waals surface area contributed by atoms with Crippen LogP contribution in [0.15, 0.2) is 36.4 Å². The van der Waals surface area contributed by atoms with E-state index in [4.69, 9.17) is 18.9 Å². The second kappa shape index (κ2) is 9.16. The summed E-state index contributed by atoms with van der Waals surface area (Å²) in [6.45, 7) is 2.22. The van der Waals surface area contributed by atoms with E-state index < -0.39 is 0 Å². The lowest BCUT2D eigenvalue weighted by Gasteiger charge is -2.35. The number of amides is 2. The van der Waals surface area contributed by atoms with Crippen molar-refractivity contribution in [1.29, 1.82) is 0 Å². The van der Waals surface area contributed by atoms with Gasteiger partial charge in [-0.25, -0.2) is 0 Å². The molecule has 2 aliphatic heterocycles. The second-order valence-electron chi connectivity index (χ2n) is 7.42. The number of hydrogen-bond donors (Lipinski definition) is 0. The van der Waals surface area contributed by atoms with Crippen molar-refractivity contribution in [1.82, 2.24) is 9.80 Å². The molecule has 2 heterocycles. The van der Waals surface area contributed by atoms with Gasteiger partial charge in [0.2, 0.25) is 12.7 Å². The molecule has 0 saturated carbocycles. The summed E-state index contributed by atoms with van der Waals surface area (Å²) in [7, 11) is 3.23. The Bertz CT molecular complexity index is 969. The Labute approximate surface area is 181 Å². The standard InChI is InChI=1S/C23H26N2O6/c1-28-18-5-7-19(29-2)16(13-18)4-8-22(26)24-9-11-25(12-10-24)23(27)17-3-6-20-21(14-17)31-15-30-20/h3,5-7,13-14H,4,8-12,15H2,1-2H3. The summed E-state index contributed by atoms with van der Waals surface area (Å²) < 4.78 is 21.3. The minimum atomic E-state index is -0.0634. The summed E-state index contributed by atoms with van der Waals surface area (Å²) in [6, 6.07) is 10.8. The Morgan fingerprint density at radius 1 is 0.903 bits per heavy atom. The van der Waals surface area contributed by atoms with E-state index >= 15 is 0 Å². The number of fused-ring (bicyclic) bond motifs is 1. The monoisotopic (exact) mass is 426 g/mol. The molecular weight excluding hydrogens is 400 g/mol. The van der Waals surface area contributed by atoms with E-state index in [-0.39, 0.29) is 18.6 Å². The molecule has 0 bridgehead atoms. The van der Waals surface area contributed by atoms with Crippen LogP contribution in [0.2, 0.25) is 0 Å². The lowest BCUT2D eigenvalue weighted by atomic mass is 10.1. The van der Waals surface area contributed by atoms with Crippen LogP contribution in [0.3, 0.4) is 0 Å². The molecule has 164 valence electrons. The van der Waals surface area contributed by atoms with Crippen molar-refractivity contribution in [2.45, 2.75) is 12.8 Å². The molecule has 2 aromatic carbocycles. The third-order valence-electron chi connectivity index (χ3n) is 5.63. The third-order valence-corrected chi connectivity index (χ3v) is 5.63. The van der Waals surface area contributed by atoms with Gasteiger partial charge in [-0.1, -0.05) is 0 Å². The maximum absolute atomic E-state index is 12.8. The fourth-order valence-electron chi connectivity index (χ4n) is 3.85. The van der Waals surface area contributed by atoms with Crippen molar-refractivity contribution < 1.29 is 28.5 Å². The zero-order valence-corrected chi connectivity index (χ0v) is 17.8. The van der Waals surface area contributed by atoms with Gasteiger partial charge in [0.1, 0.15) is 11.5 Å². The average molecular weight is 426 g/mol. The highest BCUT2D eigenvalue weighted by atomic mass is 16.7. The van der Waals surface area contributed by atoms with Crippen molar-refractivity contribution in [3.8, 4) is 23.0 Å².